The second kappa shape index (κ2) is 12.9. The lowest BCUT2D eigenvalue weighted by atomic mass is 9.99. The van der Waals surface area contributed by atoms with Gasteiger partial charge in [-0.25, -0.2) is 0 Å². The van der Waals surface area contributed by atoms with E-state index in [0.29, 0.717) is 29.2 Å². The standard InChI is InChI=1S/C27H32N6O3S/c1-5-12-29-25(35)22(16-28)27-33(6-2)26(36)23(37-27)17-30-20-8-7-9-21(15-20)31(4)24(34)18-32-13-10-19(3)11-14-32/h1,7-9,15,17,19,30H,6,10-14,18H2,2-4H3,(H,29,35). The SMILES string of the molecule is C#CCNC(=O)C(C#N)=c1sc(=CNc2cccc(N(C)C(=O)CN3CCC(C)CC3)c2)c(=O)n1CC. The summed E-state index contributed by atoms with van der Waals surface area (Å²) < 4.78 is 1.99. The van der Waals surface area contributed by atoms with Crippen molar-refractivity contribution in [3.63, 3.8) is 0 Å². The van der Waals surface area contributed by atoms with Gasteiger partial charge >= 0.3 is 0 Å². The predicted octanol–water partition coefficient (Wildman–Crippen LogP) is 0.898. The van der Waals surface area contributed by atoms with Crippen LogP contribution in [-0.2, 0) is 16.1 Å². The molecule has 2 heterocycles. The van der Waals surface area contributed by atoms with Crippen molar-refractivity contribution in [1.82, 2.24) is 14.8 Å². The minimum atomic E-state index is -0.622. The van der Waals surface area contributed by atoms with Crippen LogP contribution < -0.4 is 30.3 Å². The van der Waals surface area contributed by atoms with E-state index < -0.39 is 5.91 Å². The van der Waals surface area contributed by atoms with Gasteiger partial charge in [0.25, 0.3) is 11.5 Å². The number of hydrogen-bond donors (Lipinski definition) is 2. The summed E-state index contributed by atoms with van der Waals surface area (Å²) >= 11 is 1.05. The molecule has 0 saturated carbocycles. The fraction of sp³-hybridized carbons (Fsp3) is 0.407. The molecule has 0 radical (unpaired) electrons. The number of nitrogens with zero attached hydrogens (tertiary/aromatic N) is 4. The van der Waals surface area contributed by atoms with Gasteiger partial charge in [0.05, 0.1) is 13.1 Å². The molecule has 9 nitrogen and oxygen atoms in total. The molecule has 37 heavy (non-hydrogen) atoms. The van der Waals surface area contributed by atoms with Gasteiger partial charge in [-0.05, 0) is 57.0 Å². The number of aromatic nitrogens is 1. The zero-order valence-corrected chi connectivity index (χ0v) is 22.2. The van der Waals surface area contributed by atoms with Gasteiger partial charge < -0.3 is 15.5 Å². The van der Waals surface area contributed by atoms with Crippen molar-refractivity contribution in [3.8, 4) is 18.4 Å². The van der Waals surface area contributed by atoms with Crippen LogP contribution in [0.1, 0.15) is 26.7 Å². The summed E-state index contributed by atoms with van der Waals surface area (Å²) in [7, 11) is 1.76. The van der Waals surface area contributed by atoms with Crippen LogP contribution in [0.15, 0.2) is 29.1 Å². The summed E-state index contributed by atoms with van der Waals surface area (Å²) in [4.78, 5) is 42.0. The van der Waals surface area contributed by atoms with Crippen molar-refractivity contribution in [3.05, 3.63) is 43.8 Å². The lowest BCUT2D eigenvalue weighted by Gasteiger charge is -2.31. The molecule has 1 aromatic carbocycles. The second-order valence-corrected chi connectivity index (χ2v) is 9.98. The largest absolute Gasteiger partial charge is 0.360 e. The molecule has 0 unspecified atom stereocenters. The number of nitriles is 1. The molecule has 1 aromatic heterocycles. The maximum atomic E-state index is 12.9. The third kappa shape index (κ3) is 6.88. The number of amides is 2. The van der Waals surface area contributed by atoms with Crippen molar-refractivity contribution in [1.29, 1.82) is 5.26 Å². The molecule has 1 aliphatic rings. The lowest BCUT2D eigenvalue weighted by molar-refractivity contribution is -0.119. The van der Waals surface area contributed by atoms with E-state index in [-0.39, 0.29) is 28.2 Å². The van der Waals surface area contributed by atoms with Crippen LogP contribution in [-0.4, -0.2) is 54.5 Å². The number of terminal acetylenes is 1. The predicted molar refractivity (Wildman–Crippen MR) is 147 cm³/mol. The number of rotatable bonds is 8. The number of anilines is 2. The van der Waals surface area contributed by atoms with Crippen LogP contribution in [0.5, 0.6) is 0 Å². The summed E-state index contributed by atoms with van der Waals surface area (Å²) in [6.45, 7) is 6.55. The summed E-state index contributed by atoms with van der Waals surface area (Å²) in [5.41, 5.74) is 0.949. The van der Waals surface area contributed by atoms with Crippen LogP contribution in [0.4, 0.5) is 11.4 Å². The van der Waals surface area contributed by atoms with Crippen molar-refractivity contribution in [2.45, 2.75) is 33.2 Å². The average molecular weight is 521 g/mol. The number of carbonyl (C=O) groups is 2. The minimum Gasteiger partial charge on any atom is -0.360 e. The molecule has 2 amide bonds. The zero-order chi connectivity index (χ0) is 26.9. The number of benzene rings is 1. The molecule has 1 aliphatic heterocycles. The van der Waals surface area contributed by atoms with Crippen LogP contribution in [0, 0.1) is 29.6 Å². The van der Waals surface area contributed by atoms with E-state index in [2.05, 4.69) is 28.4 Å². The van der Waals surface area contributed by atoms with Gasteiger partial charge in [0.1, 0.15) is 15.3 Å². The Kier molecular flexibility index (Phi) is 9.67. The van der Waals surface area contributed by atoms with E-state index in [9.17, 15) is 19.6 Å². The molecule has 2 aromatic rings. The van der Waals surface area contributed by atoms with E-state index in [0.717, 1.165) is 43.0 Å². The van der Waals surface area contributed by atoms with Gasteiger partial charge in [0.2, 0.25) is 5.91 Å². The highest BCUT2D eigenvalue weighted by molar-refractivity contribution is 7.07. The Bertz CT molecular complexity index is 1400. The number of likely N-dealkylation sites (tertiary alicyclic amines) is 1. The first-order valence-corrected chi connectivity index (χ1v) is 13.0. The molecule has 0 bridgehead atoms. The Labute approximate surface area is 220 Å². The number of thiazole rings is 1. The molecule has 3 rings (SSSR count). The molecule has 2 N–H and O–H groups in total. The maximum Gasteiger partial charge on any atom is 0.270 e. The summed E-state index contributed by atoms with van der Waals surface area (Å²) in [6, 6.07) is 9.24. The summed E-state index contributed by atoms with van der Waals surface area (Å²) in [5.74, 6) is 2.40. The highest BCUT2D eigenvalue weighted by Gasteiger charge is 2.20. The van der Waals surface area contributed by atoms with E-state index in [1.54, 1.807) is 25.1 Å². The molecule has 10 heteroatoms. The summed E-state index contributed by atoms with van der Waals surface area (Å²) in [5, 5.41) is 15.1. The van der Waals surface area contributed by atoms with Crippen LogP contribution >= 0.6 is 11.3 Å². The van der Waals surface area contributed by atoms with Gasteiger partial charge in [-0.15, -0.1) is 17.8 Å². The molecular formula is C27H32N6O3S. The monoisotopic (exact) mass is 520 g/mol. The molecule has 1 saturated heterocycles. The second-order valence-electron chi connectivity index (χ2n) is 8.94. The van der Waals surface area contributed by atoms with Crippen LogP contribution in [0.2, 0.25) is 0 Å². The Morgan fingerprint density at radius 3 is 2.70 bits per heavy atom. The Balaban J connectivity index is 1.82. The van der Waals surface area contributed by atoms with E-state index >= 15 is 0 Å². The van der Waals surface area contributed by atoms with Crippen molar-refractivity contribution < 1.29 is 9.59 Å². The Morgan fingerprint density at radius 1 is 1.32 bits per heavy atom. The van der Waals surface area contributed by atoms with Crippen LogP contribution in [0.25, 0.3) is 11.8 Å². The maximum absolute atomic E-state index is 12.9. The van der Waals surface area contributed by atoms with Gasteiger partial charge in [0.15, 0.2) is 5.57 Å². The molecule has 0 aliphatic carbocycles. The minimum absolute atomic E-state index is 0.0171. The van der Waals surface area contributed by atoms with E-state index in [1.807, 2.05) is 30.3 Å². The highest BCUT2D eigenvalue weighted by Crippen LogP contribution is 2.20. The third-order valence-corrected chi connectivity index (χ3v) is 7.47. The topological polar surface area (TPSA) is 110 Å². The zero-order valence-electron chi connectivity index (χ0n) is 21.4. The Morgan fingerprint density at radius 2 is 2.05 bits per heavy atom. The highest BCUT2D eigenvalue weighted by atomic mass is 32.1. The number of piperidine rings is 1. The molecule has 0 atom stereocenters. The van der Waals surface area contributed by atoms with Crippen molar-refractivity contribution >= 4 is 46.3 Å². The smallest absolute Gasteiger partial charge is 0.270 e. The quantitative estimate of drug-likeness (QED) is 0.501. The number of carbonyl (C=O) groups excluding carboxylic acids is 2. The lowest BCUT2D eigenvalue weighted by Crippen LogP contribution is -2.42. The van der Waals surface area contributed by atoms with Crippen LogP contribution in [0.3, 0.4) is 0 Å². The van der Waals surface area contributed by atoms with E-state index in [1.165, 1.54) is 4.57 Å². The number of hydrogen-bond acceptors (Lipinski definition) is 7. The molecule has 0 spiro atoms. The first-order chi connectivity index (χ1) is 17.8. The fourth-order valence-electron chi connectivity index (χ4n) is 4.02. The first-order valence-electron chi connectivity index (χ1n) is 12.2. The first kappa shape index (κ1) is 27.7. The van der Waals surface area contributed by atoms with Gasteiger partial charge in [-0.3, -0.25) is 23.9 Å². The van der Waals surface area contributed by atoms with E-state index in [4.69, 9.17) is 6.42 Å². The van der Waals surface area contributed by atoms with Gasteiger partial charge in [-0.2, -0.15) is 5.26 Å². The third-order valence-electron chi connectivity index (χ3n) is 6.34. The van der Waals surface area contributed by atoms with Crippen molar-refractivity contribution in [2.75, 3.05) is 43.4 Å². The number of nitrogens with one attached hydrogen (secondary N) is 2. The molecular weight excluding hydrogens is 488 g/mol. The fourth-order valence-corrected chi connectivity index (χ4v) is 5.11. The Hall–Kier alpha value is -3.86. The molecule has 1 fully saturated rings. The molecule has 194 valence electrons. The van der Waals surface area contributed by atoms with Gasteiger partial charge in [0, 0.05) is 31.2 Å². The number of likely N-dealkylation sites (N-methyl/N-ethyl adjacent to an activating group) is 1. The normalized spacial score (nSPS) is 15.4. The summed E-state index contributed by atoms with van der Waals surface area (Å²) in [6.07, 6.45) is 8.95. The average Bonchev–Trinajstić information content (AvgIpc) is 3.22. The van der Waals surface area contributed by atoms with Gasteiger partial charge in [-0.1, -0.05) is 18.9 Å². The van der Waals surface area contributed by atoms with Crippen molar-refractivity contribution in [2.24, 2.45) is 5.92 Å².